The minimum absolute atomic E-state index is 0.154. The van der Waals surface area contributed by atoms with Gasteiger partial charge in [0.25, 0.3) is 5.91 Å². The lowest BCUT2D eigenvalue weighted by Crippen LogP contribution is -2.43. The van der Waals surface area contributed by atoms with Crippen molar-refractivity contribution < 1.29 is 14.4 Å². The van der Waals surface area contributed by atoms with Gasteiger partial charge in [-0.3, -0.25) is 14.4 Å². The topological polar surface area (TPSA) is 92.2 Å². The Hall–Kier alpha value is -3.61. The van der Waals surface area contributed by atoms with Crippen LogP contribution in [0.15, 0.2) is 54.7 Å². The first-order chi connectivity index (χ1) is 13.0. The first kappa shape index (κ1) is 16.8. The van der Waals surface area contributed by atoms with Crippen molar-refractivity contribution in [3.63, 3.8) is 0 Å². The van der Waals surface area contributed by atoms with Gasteiger partial charge in [0.1, 0.15) is 6.04 Å². The SMILES string of the molecule is Cn1ccc2cc(NC(=O)CC3NC(=O)c4ccccc4NC3=O)ccc21. The molecule has 3 aromatic rings. The van der Waals surface area contributed by atoms with Gasteiger partial charge >= 0.3 is 0 Å². The van der Waals surface area contributed by atoms with E-state index in [1.165, 1.54) is 0 Å². The van der Waals surface area contributed by atoms with Crippen LogP contribution < -0.4 is 16.0 Å². The molecule has 0 radical (unpaired) electrons. The molecule has 0 spiro atoms. The normalized spacial score (nSPS) is 16.3. The maximum atomic E-state index is 12.4. The fraction of sp³-hybridized carbons (Fsp3) is 0.150. The summed E-state index contributed by atoms with van der Waals surface area (Å²) in [5, 5.41) is 9.11. The Bertz CT molecular complexity index is 1070. The Morgan fingerprint density at radius 2 is 1.96 bits per heavy atom. The average molecular weight is 362 g/mol. The fourth-order valence-corrected chi connectivity index (χ4v) is 3.21. The number of hydrogen-bond acceptors (Lipinski definition) is 3. The van der Waals surface area contributed by atoms with Gasteiger partial charge < -0.3 is 20.5 Å². The van der Waals surface area contributed by atoms with Crippen molar-refractivity contribution in [2.24, 2.45) is 7.05 Å². The van der Waals surface area contributed by atoms with E-state index in [9.17, 15) is 14.4 Å². The van der Waals surface area contributed by atoms with Crippen molar-refractivity contribution in [2.75, 3.05) is 10.6 Å². The molecule has 2 heterocycles. The van der Waals surface area contributed by atoms with E-state index < -0.39 is 11.9 Å². The van der Waals surface area contributed by atoms with Crippen molar-refractivity contribution in [2.45, 2.75) is 12.5 Å². The van der Waals surface area contributed by atoms with E-state index in [0.717, 1.165) is 10.9 Å². The fourth-order valence-electron chi connectivity index (χ4n) is 3.21. The first-order valence-corrected chi connectivity index (χ1v) is 8.57. The van der Waals surface area contributed by atoms with Gasteiger partial charge in [0.05, 0.1) is 17.7 Å². The number of carbonyl (C=O) groups is 3. The molecule has 27 heavy (non-hydrogen) atoms. The predicted octanol–water partition coefficient (Wildman–Crippen LogP) is 2.26. The first-order valence-electron chi connectivity index (χ1n) is 8.57. The number of nitrogens with zero attached hydrogens (tertiary/aromatic N) is 1. The number of aromatic nitrogens is 1. The second-order valence-electron chi connectivity index (χ2n) is 6.51. The van der Waals surface area contributed by atoms with E-state index in [4.69, 9.17) is 0 Å². The molecule has 1 unspecified atom stereocenters. The monoisotopic (exact) mass is 362 g/mol. The van der Waals surface area contributed by atoms with Crippen molar-refractivity contribution in [1.29, 1.82) is 0 Å². The summed E-state index contributed by atoms with van der Waals surface area (Å²) in [6.45, 7) is 0. The Kier molecular flexibility index (Phi) is 4.12. The minimum atomic E-state index is -0.939. The number of anilines is 2. The molecular weight excluding hydrogens is 344 g/mol. The van der Waals surface area contributed by atoms with Crippen LogP contribution in [-0.2, 0) is 16.6 Å². The standard InChI is InChI=1S/C20H18N4O3/c1-24-9-8-12-10-13(6-7-17(12)24)21-18(25)11-16-20(27)22-15-5-3-2-4-14(15)19(26)23-16/h2-10,16H,11H2,1H3,(H,21,25)(H,22,27)(H,23,26). The van der Waals surface area contributed by atoms with Gasteiger partial charge in [0.15, 0.2) is 0 Å². The molecule has 0 bridgehead atoms. The van der Waals surface area contributed by atoms with Crippen molar-refractivity contribution in [1.82, 2.24) is 9.88 Å². The highest BCUT2D eigenvalue weighted by Crippen LogP contribution is 2.21. The van der Waals surface area contributed by atoms with Gasteiger partial charge in [-0.15, -0.1) is 0 Å². The Balaban J connectivity index is 1.47. The number of amides is 3. The molecule has 0 saturated carbocycles. The van der Waals surface area contributed by atoms with Crippen LogP contribution in [0.2, 0.25) is 0 Å². The zero-order valence-corrected chi connectivity index (χ0v) is 14.7. The van der Waals surface area contributed by atoms with Crippen LogP contribution in [0.3, 0.4) is 0 Å². The van der Waals surface area contributed by atoms with Crippen LogP contribution in [0.4, 0.5) is 11.4 Å². The van der Waals surface area contributed by atoms with Gasteiger partial charge in [-0.05, 0) is 36.4 Å². The molecule has 3 N–H and O–H groups in total. The van der Waals surface area contributed by atoms with Crippen molar-refractivity contribution in [3.8, 4) is 0 Å². The molecule has 0 aliphatic carbocycles. The second-order valence-corrected chi connectivity index (χ2v) is 6.51. The molecular formula is C20H18N4O3. The number of aryl methyl sites for hydroxylation is 1. The smallest absolute Gasteiger partial charge is 0.254 e. The summed E-state index contributed by atoms with van der Waals surface area (Å²) in [6, 6.07) is 13.4. The Labute approximate surface area is 155 Å². The molecule has 0 saturated heterocycles. The van der Waals surface area contributed by atoms with Crippen LogP contribution in [-0.4, -0.2) is 28.3 Å². The zero-order chi connectivity index (χ0) is 19.0. The summed E-state index contributed by atoms with van der Waals surface area (Å²) in [5.74, 6) is -1.15. The molecule has 1 atom stereocenters. The highest BCUT2D eigenvalue weighted by molar-refractivity contribution is 6.11. The van der Waals surface area contributed by atoms with E-state index in [-0.39, 0.29) is 18.2 Å². The van der Waals surface area contributed by atoms with Crippen LogP contribution in [0.25, 0.3) is 10.9 Å². The van der Waals surface area contributed by atoms with Gasteiger partial charge in [-0.1, -0.05) is 12.1 Å². The summed E-state index contributed by atoms with van der Waals surface area (Å²) < 4.78 is 1.99. The summed E-state index contributed by atoms with van der Waals surface area (Å²) in [5.41, 5.74) is 2.52. The van der Waals surface area contributed by atoms with Gasteiger partial charge in [0.2, 0.25) is 11.8 Å². The number of rotatable bonds is 3. The lowest BCUT2D eigenvalue weighted by atomic mass is 10.1. The van der Waals surface area contributed by atoms with Gasteiger partial charge in [-0.2, -0.15) is 0 Å². The van der Waals surface area contributed by atoms with E-state index in [1.807, 2.05) is 42.1 Å². The minimum Gasteiger partial charge on any atom is -0.351 e. The molecule has 3 amide bonds. The summed E-state index contributed by atoms with van der Waals surface area (Å²) in [6.07, 6.45) is 1.79. The predicted molar refractivity (Wildman–Crippen MR) is 102 cm³/mol. The summed E-state index contributed by atoms with van der Waals surface area (Å²) in [7, 11) is 1.95. The third kappa shape index (κ3) is 3.27. The zero-order valence-electron chi connectivity index (χ0n) is 14.7. The van der Waals surface area contributed by atoms with Crippen molar-refractivity contribution in [3.05, 3.63) is 60.3 Å². The van der Waals surface area contributed by atoms with E-state index in [2.05, 4.69) is 16.0 Å². The summed E-state index contributed by atoms with van der Waals surface area (Å²) in [4.78, 5) is 37.1. The van der Waals surface area contributed by atoms with E-state index in [1.54, 1.807) is 24.3 Å². The molecule has 7 nitrogen and oxygen atoms in total. The lowest BCUT2D eigenvalue weighted by Gasteiger charge is -2.14. The largest absolute Gasteiger partial charge is 0.351 e. The second kappa shape index (κ2) is 6.60. The number of para-hydroxylation sites is 1. The molecule has 136 valence electrons. The molecule has 1 aromatic heterocycles. The maximum Gasteiger partial charge on any atom is 0.254 e. The molecule has 0 fully saturated rings. The van der Waals surface area contributed by atoms with Gasteiger partial charge in [-0.25, -0.2) is 0 Å². The number of carbonyl (C=O) groups excluding carboxylic acids is 3. The number of benzene rings is 2. The molecule has 1 aliphatic rings. The van der Waals surface area contributed by atoms with Crippen LogP contribution >= 0.6 is 0 Å². The average Bonchev–Trinajstić information content (AvgIpc) is 2.96. The summed E-state index contributed by atoms with van der Waals surface area (Å²) >= 11 is 0. The molecule has 2 aromatic carbocycles. The maximum absolute atomic E-state index is 12.4. The van der Waals surface area contributed by atoms with Crippen LogP contribution in [0.5, 0.6) is 0 Å². The Morgan fingerprint density at radius 3 is 2.81 bits per heavy atom. The third-order valence-electron chi connectivity index (χ3n) is 4.61. The van der Waals surface area contributed by atoms with Gasteiger partial charge in [0, 0.05) is 29.8 Å². The Morgan fingerprint density at radius 1 is 1.15 bits per heavy atom. The number of hydrogen-bond donors (Lipinski definition) is 3. The quantitative estimate of drug-likeness (QED) is 0.667. The molecule has 7 heteroatoms. The van der Waals surface area contributed by atoms with Crippen molar-refractivity contribution >= 4 is 40.0 Å². The number of nitrogens with one attached hydrogen (secondary N) is 3. The highest BCUT2D eigenvalue weighted by Gasteiger charge is 2.29. The highest BCUT2D eigenvalue weighted by atomic mass is 16.2. The van der Waals surface area contributed by atoms with E-state index >= 15 is 0 Å². The third-order valence-corrected chi connectivity index (χ3v) is 4.61. The van der Waals surface area contributed by atoms with Crippen LogP contribution in [0.1, 0.15) is 16.8 Å². The van der Waals surface area contributed by atoms with E-state index in [0.29, 0.717) is 16.9 Å². The lowest BCUT2D eigenvalue weighted by molar-refractivity contribution is -0.122. The molecule has 1 aliphatic heterocycles. The number of fused-ring (bicyclic) bond motifs is 2. The molecule has 4 rings (SSSR count). The van der Waals surface area contributed by atoms with Crippen LogP contribution in [0, 0.1) is 0 Å².